The number of Topliss-reactive ketones (excluding diaryl/α,β-unsaturated/α-hetero) is 2. The van der Waals surface area contributed by atoms with E-state index in [1.807, 2.05) is 0 Å². The number of carbonyl (C=O) groups excluding carboxylic acids is 2. The minimum atomic E-state index is -4.73. The van der Waals surface area contributed by atoms with Crippen molar-refractivity contribution in [2.45, 2.75) is 68.5 Å². The van der Waals surface area contributed by atoms with E-state index in [2.05, 4.69) is 0 Å². The maximum Gasteiger partial charge on any atom is 0.392 e. The number of carbonyl (C=O) groups is 2. The van der Waals surface area contributed by atoms with Gasteiger partial charge in [-0.2, -0.15) is 26.3 Å². The van der Waals surface area contributed by atoms with Crippen molar-refractivity contribution in [3.05, 3.63) is 94.0 Å². The molecule has 43 heavy (non-hydrogen) atoms. The minimum Gasteiger partial charge on any atom is -0.456 e. The summed E-state index contributed by atoms with van der Waals surface area (Å²) in [4.78, 5) is 26.4. The maximum atomic E-state index is 13.8. The van der Waals surface area contributed by atoms with Gasteiger partial charge in [-0.3, -0.25) is 9.59 Å². The smallest absolute Gasteiger partial charge is 0.392 e. The molecule has 2 aliphatic carbocycles. The highest BCUT2D eigenvalue weighted by Crippen LogP contribution is 2.57. The molecule has 0 saturated carbocycles. The normalized spacial score (nSPS) is 29.7. The fraction of sp³-hybridized carbons (Fsp3) is 0.419. The van der Waals surface area contributed by atoms with Crippen molar-refractivity contribution in [2.75, 3.05) is 0 Å². The SMILES string of the molecule is O=C1CC(C(F)(F)F)CC2=C1C(c1ccc(F)cc1)CC1(CC(c3ccc(F)cc3)C3=C(CC(C(F)(F)F)CC3=O)O1)O2. The zero-order valence-corrected chi connectivity index (χ0v) is 22.3. The van der Waals surface area contributed by atoms with Crippen molar-refractivity contribution >= 4 is 11.6 Å². The Bertz CT molecular complexity index is 1400. The molecule has 0 fully saturated rings. The van der Waals surface area contributed by atoms with Gasteiger partial charge in [-0.25, -0.2) is 8.78 Å². The number of alkyl halides is 6. The number of benzene rings is 2. The van der Waals surface area contributed by atoms with E-state index in [1.54, 1.807) is 0 Å². The van der Waals surface area contributed by atoms with E-state index in [9.17, 15) is 44.7 Å². The highest BCUT2D eigenvalue weighted by molar-refractivity contribution is 5.99. The van der Waals surface area contributed by atoms with Crippen molar-refractivity contribution < 1.29 is 54.2 Å². The molecule has 4 unspecified atom stereocenters. The van der Waals surface area contributed by atoms with Crippen molar-refractivity contribution in [2.24, 2.45) is 11.8 Å². The first-order valence-corrected chi connectivity index (χ1v) is 13.7. The summed E-state index contributed by atoms with van der Waals surface area (Å²) in [5.41, 5.74) is 0.717. The lowest BCUT2D eigenvalue weighted by Gasteiger charge is -2.50. The van der Waals surface area contributed by atoms with E-state index in [-0.39, 0.29) is 35.5 Å². The van der Waals surface area contributed by atoms with Crippen LogP contribution in [0.4, 0.5) is 35.1 Å². The molecule has 228 valence electrons. The summed E-state index contributed by atoms with van der Waals surface area (Å²) < 4.78 is 123. The fourth-order valence-electron chi connectivity index (χ4n) is 6.73. The van der Waals surface area contributed by atoms with Gasteiger partial charge in [0.15, 0.2) is 11.6 Å². The van der Waals surface area contributed by atoms with Crippen molar-refractivity contribution in [3.8, 4) is 0 Å². The average molecular weight is 613 g/mol. The zero-order valence-electron chi connectivity index (χ0n) is 22.3. The van der Waals surface area contributed by atoms with Crippen LogP contribution >= 0.6 is 0 Å². The van der Waals surface area contributed by atoms with Crippen molar-refractivity contribution in [3.63, 3.8) is 0 Å². The maximum absolute atomic E-state index is 13.8. The third-order valence-corrected chi connectivity index (χ3v) is 8.74. The molecule has 2 heterocycles. The van der Waals surface area contributed by atoms with E-state index < -0.39 is 90.7 Å². The molecule has 4 atom stereocenters. The Balaban J connectivity index is 1.49. The third kappa shape index (κ3) is 5.44. The van der Waals surface area contributed by atoms with Crippen LogP contribution in [0.25, 0.3) is 0 Å². The Morgan fingerprint density at radius 3 is 1.26 bits per heavy atom. The quantitative estimate of drug-likeness (QED) is 0.323. The van der Waals surface area contributed by atoms with Gasteiger partial charge in [0.1, 0.15) is 23.2 Å². The molecule has 0 bridgehead atoms. The second-order valence-electron chi connectivity index (χ2n) is 11.5. The number of ketones is 2. The second kappa shape index (κ2) is 10.2. The van der Waals surface area contributed by atoms with Gasteiger partial charge in [-0.05, 0) is 35.4 Å². The molecule has 0 saturated heterocycles. The second-order valence-corrected chi connectivity index (χ2v) is 11.5. The lowest BCUT2D eigenvalue weighted by molar-refractivity contribution is -0.239. The Morgan fingerprint density at radius 1 is 0.581 bits per heavy atom. The lowest BCUT2D eigenvalue weighted by atomic mass is 9.70. The number of halogens is 8. The molecule has 4 nitrogen and oxygen atoms in total. The Labute approximate surface area is 240 Å². The van der Waals surface area contributed by atoms with Gasteiger partial charge < -0.3 is 9.47 Å². The molecule has 2 aromatic carbocycles. The first kappa shape index (κ1) is 29.4. The van der Waals surface area contributed by atoms with E-state index in [1.165, 1.54) is 24.3 Å². The average Bonchev–Trinajstić information content (AvgIpc) is 2.91. The molecule has 6 rings (SSSR count). The largest absolute Gasteiger partial charge is 0.456 e. The number of ether oxygens (including phenoxy) is 2. The molecule has 0 N–H and O–H groups in total. The summed E-state index contributed by atoms with van der Waals surface area (Å²) in [7, 11) is 0. The first-order valence-electron chi connectivity index (χ1n) is 13.7. The predicted octanol–water partition coefficient (Wildman–Crippen LogP) is 7.96. The van der Waals surface area contributed by atoms with Gasteiger partial charge in [-0.15, -0.1) is 0 Å². The van der Waals surface area contributed by atoms with Gasteiger partial charge in [0.25, 0.3) is 5.79 Å². The lowest BCUT2D eigenvalue weighted by Crippen LogP contribution is -2.49. The van der Waals surface area contributed by atoms with Gasteiger partial charge in [-0.1, -0.05) is 24.3 Å². The topological polar surface area (TPSA) is 52.6 Å². The van der Waals surface area contributed by atoms with Gasteiger partial charge in [0.2, 0.25) is 0 Å². The molecule has 0 aromatic heterocycles. The molecule has 2 aliphatic heterocycles. The van der Waals surface area contributed by atoms with Crippen molar-refractivity contribution in [1.29, 1.82) is 0 Å². The zero-order chi connectivity index (χ0) is 30.9. The Hall–Kier alpha value is -3.70. The third-order valence-electron chi connectivity index (χ3n) is 8.74. The van der Waals surface area contributed by atoms with Crippen LogP contribution in [0.2, 0.25) is 0 Å². The highest BCUT2D eigenvalue weighted by Gasteiger charge is 2.57. The van der Waals surface area contributed by atoms with Crippen molar-refractivity contribution in [1.82, 2.24) is 0 Å². The number of hydrogen-bond donors (Lipinski definition) is 0. The van der Waals surface area contributed by atoms with E-state index in [0.717, 1.165) is 24.3 Å². The molecule has 1 spiro atoms. The molecule has 12 heteroatoms. The first-order chi connectivity index (χ1) is 20.1. The van der Waals surface area contributed by atoms with Gasteiger partial charge >= 0.3 is 12.4 Å². The summed E-state index contributed by atoms with van der Waals surface area (Å²) in [6, 6.07) is 10.0. The van der Waals surface area contributed by atoms with Crippen LogP contribution in [0.15, 0.2) is 71.2 Å². The molecule has 2 aromatic rings. The van der Waals surface area contributed by atoms with E-state index >= 15 is 0 Å². The highest BCUT2D eigenvalue weighted by atomic mass is 19.4. The monoisotopic (exact) mass is 612 g/mol. The van der Waals surface area contributed by atoms with Crippen LogP contribution in [0.5, 0.6) is 0 Å². The van der Waals surface area contributed by atoms with Crippen LogP contribution in [0.3, 0.4) is 0 Å². The minimum absolute atomic E-state index is 0.0210. The molecular formula is C31H24F8O4. The van der Waals surface area contributed by atoms with Crippen LogP contribution in [-0.4, -0.2) is 29.7 Å². The van der Waals surface area contributed by atoms with E-state index in [4.69, 9.17) is 9.47 Å². The summed E-state index contributed by atoms with van der Waals surface area (Å²) in [6.07, 6.45) is -12.9. The number of rotatable bonds is 2. The van der Waals surface area contributed by atoms with Crippen LogP contribution < -0.4 is 0 Å². The fourth-order valence-corrected chi connectivity index (χ4v) is 6.73. The number of hydrogen-bond acceptors (Lipinski definition) is 4. The van der Waals surface area contributed by atoms with E-state index in [0.29, 0.717) is 11.1 Å². The van der Waals surface area contributed by atoms with Crippen LogP contribution in [-0.2, 0) is 19.1 Å². The predicted molar refractivity (Wildman–Crippen MR) is 134 cm³/mol. The molecule has 4 aliphatic rings. The molecule has 0 amide bonds. The van der Waals surface area contributed by atoms with Gasteiger partial charge in [0.05, 0.1) is 11.8 Å². The van der Waals surface area contributed by atoms with Crippen LogP contribution in [0, 0.1) is 23.5 Å². The van der Waals surface area contributed by atoms with Gasteiger partial charge in [0, 0.05) is 61.5 Å². The molecule has 0 radical (unpaired) electrons. The summed E-state index contributed by atoms with van der Waals surface area (Å²) >= 11 is 0. The standard InChI is InChI=1S/C31H24F8O4/c32-19-5-1-15(2-6-19)21-13-29(42-25-11-17(30(34,35)36)9-23(40)27(21)25)14-22(16-3-7-20(33)8-4-16)28-24(41)10-18(31(37,38)39)12-26(28)43-29/h1-8,17-18,21-22H,9-14H2. The molecular weight excluding hydrogens is 588 g/mol. The Kier molecular flexibility index (Phi) is 6.96. The summed E-state index contributed by atoms with van der Waals surface area (Å²) in [6.45, 7) is 0. The number of allylic oxidation sites excluding steroid dienone is 4. The Morgan fingerprint density at radius 2 is 0.930 bits per heavy atom. The summed E-state index contributed by atoms with van der Waals surface area (Å²) in [5.74, 6) is -11.2. The summed E-state index contributed by atoms with van der Waals surface area (Å²) in [5, 5.41) is 0. The van der Waals surface area contributed by atoms with Crippen LogP contribution in [0.1, 0.15) is 61.5 Å².